The van der Waals surface area contributed by atoms with E-state index in [1.54, 1.807) is 12.1 Å². The van der Waals surface area contributed by atoms with Crippen LogP contribution in [0.3, 0.4) is 0 Å². The van der Waals surface area contributed by atoms with Gasteiger partial charge in [-0.05, 0) is 45.0 Å². The fourth-order valence-corrected chi connectivity index (χ4v) is 2.56. The molecule has 1 aromatic carbocycles. The third-order valence-electron chi connectivity index (χ3n) is 3.83. The summed E-state index contributed by atoms with van der Waals surface area (Å²) in [6.07, 6.45) is 3.03. The van der Waals surface area contributed by atoms with Crippen molar-refractivity contribution >= 4 is 5.69 Å². The first-order valence-electron chi connectivity index (χ1n) is 6.56. The third kappa shape index (κ3) is 3.00. The molecule has 1 atom stereocenters. The summed E-state index contributed by atoms with van der Waals surface area (Å²) >= 11 is 0. The lowest BCUT2D eigenvalue weighted by atomic mass is 9.90. The average molecular weight is 251 g/mol. The Morgan fingerprint density at radius 2 is 2.11 bits per heavy atom. The fourth-order valence-electron chi connectivity index (χ4n) is 2.56. The van der Waals surface area contributed by atoms with Crippen LogP contribution in [0.5, 0.6) is 0 Å². The van der Waals surface area contributed by atoms with E-state index in [1.807, 2.05) is 6.07 Å². The van der Waals surface area contributed by atoms with Crippen molar-refractivity contribution in [3.05, 3.63) is 30.1 Å². The maximum Gasteiger partial charge on any atom is 0.146 e. The molecule has 1 aromatic rings. The minimum Gasteiger partial charge on any atom is -0.376 e. The molecule has 0 radical (unpaired) electrons. The van der Waals surface area contributed by atoms with Gasteiger partial charge >= 0.3 is 0 Å². The normalized spacial score (nSPS) is 25.7. The minimum absolute atomic E-state index is 0.174. The second kappa shape index (κ2) is 5.67. The van der Waals surface area contributed by atoms with Crippen molar-refractivity contribution in [2.24, 2.45) is 5.73 Å². The van der Waals surface area contributed by atoms with Gasteiger partial charge in [-0.2, -0.15) is 0 Å². The molecule has 0 aromatic heterocycles. The van der Waals surface area contributed by atoms with Crippen molar-refractivity contribution in [3.63, 3.8) is 0 Å². The molecule has 2 rings (SSSR count). The van der Waals surface area contributed by atoms with Gasteiger partial charge in [0.1, 0.15) is 5.82 Å². The number of nitrogens with zero attached hydrogens (tertiary/aromatic N) is 1. The lowest BCUT2D eigenvalue weighted by molar-refractivity contribution is 0.337. The Labute approximate surface area is 108 Å². The Morgan fingerprint density at radius 1 is 1.33 bits per heavy atom. The first kappa shape index (κ1) is 13.3. The second-order valence-electron chi connectivity index (χ2n) is 5.25. The first-order chi connectivity index (χ1) is 8.65. The second-order valence-corrected chi connectivity index (χ2v) is 5.25. The summed E-state index contributed by atoms with van der Waals surface area (Å²) in [5.41, 5.74) is 6.34. The Hall–Kier alpha value is -1.13. The molecule has 100 valence electrons. The predicted molar refractivity (Wildman–Crippen MR) is 73.2 cm³/mol. The molecule has 1 saturated heterocycles. The smallest absolute Gasteiger partial charge is 0.146 e. The zero-order valence-corrected chi connectivity index (χ0v) is 11.0. The highest BCUT2D eigenvalue weighted by Gasteiger charge is 2.31. The summed E-state index contributed by atoms with van der Waals surface area (Å²) in [5, 5.41) is 3.35. The van der Waals surface area contributed by atoms with Gasteiger partial charge in [-0.3, -0.25) is 0 Å². The van der Waals surface area contributed by atoms with Crippen molar-refractivity contribution in [1.82, 2.24) is 4.90 Å². The van der Waals surface area contributed by atoms with Gasteiger partial charge in [-0.25, -0.2) is 4.39 Å². The van der Waals surface area contributed by atoms with Crippen LogP contribution in [0.4, 0.5) is 10.1 Å². The lowest BCUT2D eigenvalue weighted by Crippen LogP contribution is -2.46. The molecule has 1 aliphatic heterocycles. The van der Waals surface area contributed by atoms with Crippen molar-refractivity contribution in [1.29, 1.82) is 0 Å². The van der Waals surface area contributed by atoms with Crippen LogP contribution in [0.1, 0.15) is 19.3 Å². The number of hydrogen-bond donors (Lipinski definition) is 2. The van der Waals surface area contributed by atoms with Crippen LogP contribution in [-0.2, 0) is 0 Å². The Kier molecular flexibility index (Phi) is 4.19. The van der Waals surface area contributed by atoms with Crippen LogP contribution in [0, 0.1) is 5.82 Å². The quantitative estimate of drug-likeness (QED) is 0.864. The monoisotopic (exact) mass is 251 g/mol. The molecule has 0 bridgehead atoms. The van der Waals surface area contributed by atoms with Crippen LogP contribution < -0.4 is 11.1 Å². The van der Waals surface area contributed by atoms with E-state index >= 15 is 0 Å². The number of anilines is 1. The zero-order valence-electron chi connectivity index (χ0n) is 11.0. The molecule has 18 heavy (non-hydrogen) atoms. The van der Waals surface area contributed by atoms with Crippen LogP contribution in [0.25, 0.3) is 0 Å². The molecule has 4 heteroatoms. The fraction of sp³-hybridized carbons (Fsp3) is 0.571. The number of rotatable bonds is 3. The molecule has 0 saturated carbocycles. The van der Waals surface area contributed by atoms with E-state index in [0.29, 0.717) is 12.2 Å². The maximum absolute atomic E-state index is 13.7. The Bertz CT molecular complexity index is 396. The van der Waals surface area contributed by atoms with Crippen LogP contribution in [0.2, 0.25) is 0 Å². The summed E-state index contributed by atoms with van der Waals surface area (Å²) in [7, 11) is 2.12. The largest absolute Gasteiger partial charge is 0.376 e. The number of benzene rings is 1. The number of para-hydroxylation sites is 1. The molecule has 1 aliphatic rings. The maximum atomic E-state index is 13.7. The molecule has 3 nitrogen and oxygen atoms in total. The van der Waals surface area contributed by atoms with Gasteiger partial charge in [0.05, 0.1) is 11.2 Å². The van der Waals surface area contributed by atoms with E-state index in [-0.39, 0.29) is 11.4 Å². The summed E-state index contributed by atoms with van der Waals surface area (Å²) in [4.78, 5) is 2.31. The molecular weight excluding hydrogens is 229 g/mol. The highest BCUT2D eigenvalue weighted by Crippen LogP contribution is 2.27. The highest BCUT2D eigenvalue weighted by atomic mass is 19.1. The van der Waals surface area contributed by atoms with E-state index in [9.17, 15) is 4.39 Å². The van der Waals surface area contributed by atoms with Crippen LogP contribution >= 0.6 is 0 Å². The van der Waals surface area contributed by atoms with E-state index < -0.39 is 0 Å². The third-order valence-corrected chi connectivity index (χ3v) is 3.83. The van der Waals surface area contributed by atoms with E-state index in [2.05, 4.69) is 17.3 Å². The van der Waals surface area contributed by atoms with Crippen molar-refractivity contribution in [2.45, 2.75) is 24.8 Å². The molecule has 1 heterocycles. The number of hydrogen-bond acceptors (Lipinski definition) is 3. The van der Waals surface area contributed by atoms with E-state index in [0.717, 1.165) is 32.4 Å². The number of halogens is 1. The molecule has 1 unspecified atom stereocenters. The van der Waals surface area contributed by atoms with Gasteiger partial charge in [0, 0.05) is 13.1 Å². The molecule has 0 amide bonds. The lowest BCUT2D eigenvalue weighted by Gasteiger charge is -2.34. The Balaban J connectivity index is 2.15. The summed E-state index contributed by atoms with van der Waals surface area (Å²) in [6, 6.07) is 6.81. The predicted octanol–water partition coefficient (Wildman–Crippen LogP) is 2.05. The minimum atomic E-state index is -0.206. The van der Waals surface area contributed by atoms with E-state index in [1.165, 1.54) is 6.07 Å². The van der Waals surface area contributed by atoms with Gasteiger partial charge in [0.25, 0.3) is 0 Å². The van der Waals surface area contributed by atoms with Crippen molar-refractivity contribution in [3.8, 4) is 0 Å². The van der Waals surface area contributed by atoms with Crippen molar-refractivity contribution < 1.29 is 4.39 Å². The van der Waals surface area contributed by atoms with Crippen LogP contribution in [-0.4, -0.2) is 37.1 Å². The zero-order chi connectivity index (χ0) is 13.0. The SMILES string of the molecule is CN1CCCC(CN)(Nc2ccccc2F)CC1. The van der Waals surface area contributed by atoms with Crippen molar-refractivity contribution in [2.75, 3.05) is 32.0 Å². The summed E-state index contributed by atoms with van der Waals surface area (Å²) < 4.78 is 13.7. The molecule has 1 fully saturated rings. The van der Waals surface area contributed by atoms with Gasteiger partial charge < -0.3 is 16.0 Å². The van der Waals surface area contributed by atoms with Crippen LogP contribution in [0.15, 0.2) is 24.3 Å². The highest BCUT2D eigenvalue weighted by molar-refractivity contribution is 5.47. The number of nitrogens with one attached hydrogen (secondary N) is 1. The first-order valence-corrected chi connectivity index (χ1v) is 6.56. The van der Waals surface area contributed by atoms with E-state index in [4.69, 9.17) is 5.73 Å². The molecule has 0 aliphatic carbocycles. The van der Waals surface area contributed by atoms with Gasteiger partial charge in [-0.1, -0.05) is 12.1 Å². The standard InChI is InChI=1S/C14H22FN3/c1-18-9-4-7-14(11-16,8-10-18)17-13-6-3-2-5-12(13)15/h2-3,5-6,17H,4,7-11,16H2,1H3. The number of nitrogens with two attached hydrogens (primary N) is 1. The molecular formula is C14H22FN3. The topological polar surface area (TPSA) is 41.3 Å². The molecule has 3 N–H and O–H groups in total. The number of likely N-dealkylation sites (tertiary alicyclic amines) is 1. The van der Waals surface area contributed by atoms with Gasteiger partial charge in [0.2, 0.25) is 0 Å². The molecule has 0 spiro atoms. The average Bonchev–Trinajstić information content (AvgIpc) is 2.56. The summed E-state index contributed by atoms with van der Waals surface area (Å²) in [5.74, 6) is -0.206. The van der Waals surface area contributed by atoms with Gasteiger partial charge in [-0.15, -0.1) is 0 Å². The summed E-state index contributed by atoms with van der Waals surface area (Å²) in [6.45, 7) is 2.62. The Morgan fingerprint density at radius 3 is 2.83 bits per heavy atom. The van der Waals surface area contributed by atoms with Gasteiger partial charge in [0.15, 0.2) is 0 Å².